The van der Waals surface area contributed by atoms with Gasteiger partial charge in [-0.05, 0) is 57.8 Å². The Hall–Kier alpha value is -0.570. The molecule has 4 atom stereocenters. The van der Waals surface area contributed by atoms with Crippen molar-refractivity contribution in [1.29, 1.82) is 0 Å². The molecule has 1 amide bonds. The summed E-state index contributed by atoms with van der Waals surface area (Å²) < 4.78 is 0. The first kappa shape index (κ1) is 13.4. The van der Waals surface area contributed by atoms with E-state index in [1.807, 2.05) is 0 Å². The number of nitrogens with zero attached hydrogens (tertiary/aromatic N) is 1. The molecule has 0 aromatic carbocycles. The lowest BCUT2D eigenvalue weighted by atomic mass is 9.77. The summed E-state index contributed by atoms with van der Waals surface area (Å²) >= 11 is 0. The van der Waals surface area contributed by atoms with Crippen LogP contribution < -0.4 is 5.32 Å². The third-order valence-corrected chi connectivity index (χ3v) is 5.53. The number of fused-ring (bicyclic) bond motifs is 1. The summed E-state index contributed by atoms with van der Waals surface area (Å²) in [6.45, 7) is 3.19. The van der Waals surface area contributed by atoms with E-state index in [2.05, 4.69) is 17.1 Å². The summed E-state index contributed by atoms with van der Waals surface area (Å²) in [6.07, 6.45) is 11.4. The zero-order chi connectivity index (χ0) is 13.2. The normalized spacial score (nSPS) is 39.7. The molecule has 0 aromatic rings. The van der Waals surface area contributed by atoms with Crippen LogP contribution in [0.15, 0.2) is 0 Å². The van der Waals surface area contributed by atoms with Gasteiger partial charge in [0.05, 0.1) is 6.04 Å². The van der Waals surface area contributed by atoms with Gasteiger partial charge in [0.15, 0.2) is 0 Å². The minimum absolute atomic E-state index is 0.111. The van der Waals surface area contributed by atoms with Crippen molar-refractivity contribution in [2.24, 2.45) is 5.92 Å². The molecule has 0 radical (unpaired) electrons. The fraction of sp³-hybridized carbons (Fsp3) is 0.938. The van der Waals surface area contributed by atoms with Crippen LogP contribution in [-0.4, -0.2) is 35.5 Å². The number of rotatable bonds is 1. The van der Waals surface area contributed by atoms with E-state index in [-0.39, 0.29) is 6.04 Å². The minimum Gasteiger partial charge on any atom is -0.339 e. The van der Waals surface area contributed by atoms with Crippen molar-refractivity contribution in [1.82, 2.24) is 10.2 Å². The van der Waals surface area contributed by atoms with E-state index in [1.54, 1.807) is 0 Å². The standard InChI is InChI=1S/C16H28N2O/c1-12-6-4-5-11-18(12)16(19)15-10-9-13-7-2-3-8-14(13)17-15/h12-15,17H,2-11H2,1H3. The number of likely N-dealkylation sites (tertiary alicyclic amines) is 1. The molecule has 1 aliphatic carbocycles. The summed E-state index contributed by atoms with van der Waals surface area (Å²) in [7, 11) is 0. The molecule has 3 aliphatic rings. The molecule has 108 valence electrons. The third kappa shape index (κ3) is 2.81. The maximum Gasteiger partial charge on any atom is 0.239 e. The van der Waals surface area contributed by atoms with Gasteiger partial charge in [-0.2, -0.15) is 0 Å². The second-order valence-corrected chi connectivity index (χ2v) is 6.82. The molecule has 0 bridgehead atoms. The predicted octanol–water partition coefficient (Wildman–Crippen LogP) is 2.70. The number of carbonyl (C=O) groups excluding carboxylic acids is 1. The molecule has 0 aromatic heterocycles. The van der Waals surface area contributed by atoms with Gasteiger partial charge in [-0.15, -0.1) is 0 Å². The molecule has 19 heavy (non-hydrogen) atoms. The summed E-state index contributed by atoms with van der Waals surface area (Å²) in [5.74, 6) is 1.23. The highest BCUT2D eigenvalue weighted by Gasteiger charge is 2.37. The smallest absolute Gasteiger partial charge is 0.239 e. The van der Waals surface area contributed by atoms with Crippen LogP contribution in [0.2, 0.25) is 0 Å². The zero-order valence-electron chi connectivity index (χ0n) is 12.2. The number of hydrogen-bond acceptors (Lipinski definition) is 2. The van der Waals surface area contributed by atoms with Gasteiger partial charge < -0.3 is 10.2 Å². The van der Waals surface area contributed by atoms with E-state index in [0.29, 0.717) is 18.0 Å². The Labute approximate surface area is 117 Å². The highest BCUT2D eigenvalue weighted by atomic mass is 16.2. The molecule has 3 nitrogen and oxygen atoms in total. The molecule has 3 heteroatoms. The van der Waals surface area contributed by atoms with Crippen molar-refractivity contribution in [3.05, 3.63) is 0 Å². The van der Waals surface area contributed by atoms with E-state index in [0.717, 1.165) is 18.9 Å². The van der Waals surface area contributed by atoms with Crippen LogP contribution in [0.5, 0.6) is 0 Å². The van der Waals surface area contributed by atoms with Crippen LogP contribution in [-0.2, 0) is 4.79 Å². The Balaban J connectivity index is 1.60. The van der Waals surface area contributed by atoms with Crippen LogP contribution in [0, 0.1) is 5.92 Å². The van der Waals surface area contributed by atoms with Gasteiger partial charge in [0, 0.05) is 18.6 Å². The molecular formula is C16H28N2O. The Bertz CT molecular complexity index is 331. The van der Waals surface area contributed by atoms with Gasteiger partial charge in [-0.25, -0.2) is 0 Å². The summed E-state index contributed by atoms with van der Waals surface area (Å²) in [4.78, 5) is 14.8. The fourth-order valence-corrected chi connectivity index (χ4v) is 4.32. The molecule has 1 N–H and O–H groups in total. The number of amides is 1. The molecular weight excluding hydrogens is 236 g/mol. The van der Waals surface area contributed by atoms with Crippen molar-refractivity contribution < 1.29 is 4.79 Å². The van der Waals surface area contributed by atoms with Crippen LogP contribution in [0.1, 0.15) is 64.7 Å². The Morgan fingerprint density at radius 1 is 1.00 bits per heavy atom. The van der Waals surface area contributed by atoms with Gasteiger partial charge in [-0.1, -0.05) is 12.8 Å². The van der Waals surface area contributed by atoms with Crippen LogP contribution >= 0.6 is 0 Å². The maximum atomic E-state index is 12.7. The van der Waals surface area contributed by atoms with E-state index >= 15 is 0 Å². The van der Waals surface area contributed by atoms with Crippen LogP contribution in [0.3, 0.4) is 0 Å². The number of hydrogen-bond donors (Lipinski definition) is 1. The second-order valence-electron chi connectivity index (χ2n) is 6.82. The van der Waals surface area contributed by atoms with Gasteiger partial charge in [-0.3, -0.25) is 4.79 Å². The third-order valence-electron chi connectivity index (χ3n) is 5.53. The molecule has 3 fully saturated rings. The van der Waals surface area contributed by atoms with Crippen molar-refractivity contribution >= 4 is 5.91 Å². The summed E-state index contributed by atoms with van der Waals surface area (Å²) in [5, 5.41) is 3.68. The second kappa shape index (κ2) is 5.82. The van der Waals surface area contributed by atoms with Crippen molar-refractivity contribution in [3.8, 4) is 0 Å². The van der Waals surface area contributed by atoms with Crippen LogP contribution in [0.4, 0.5) is 0 Å². The molecule has 2 aliphatic heterocycles. The minimum atomic E-state index is 0.111. The Morgan fingerprint density at radius 3 is 2.63 bits per heavy atom. The molecule has 1 saturated carbocycles. The number of carbonyl (C=O) groups is 1. The molecule has 0 spiro atoms. The first-order valence-electron chi connectivity index (χ1n) is 8.32. The predicted molar refractivity (Wildman–Crippen MR) is 76.9 cm³/mol. The Morgan fingerprint density at radius 2 is 1.79 bits per heavy atom. The van der Waals surface area contributed by atoms with Gasteiger partial charge in [0.1, 0.15) is 0 Å². The van der Waals surface area contributed by atoms with Gasteiger partial charge in [0.2, 0.25) is 5.91 Å². The lowest BCUT2D eigenvalue weighted by Gasteiger charge is -2.43. The largest absolute Gasteiger partial charge is 0.339 e. The van der Waals surface area contributed by atoms with E-state index < -0.39 is 0 Å². The lowest BCUT2D eigenvalue weighted by Crippen LogP contribution is -2.57. The van der Waals surface area contributed by atoms with E-state index in [1.165, 1.54) is 51.4 Å². The first-order valence-corrected chi connectivity index (χ1v) is 8.32. The molecule has 4 unspecified atom stereocenters. The van der Waals surface area contributed by atoms with E-state index in [9.17, 15) is 4.79 Å². The van der Waals surface area contributed by atoms with Crippen molar-refractivity contribution in [2.45, 2.75) is 82.8 Å². The molecule has 3 rings (SSSR count). The molecule has 2 heterocycles. The van der Waals surface area contributed by atoms with Gasteiger partial charge >= 0.3 is 0 Å². The van der Waals surface area contributed by atoms with E-state index in [4.69, 9.17) is 0 Å². The first-order chi connectivity index (χ1) is 9.25. The summed E-state index contributed by atoms with van der Waals surface area (Å²) in [6, 6.07) is 1.18. The van der Waals surface area contributed by atoms with Crippen molar-refractivity contribution in [3.63, 3.8) is 0 Å². The highest BCUT2D eigenvalue weighted by Crippen LogP contribution is 2.33. The highest BCUT2D eigenvalue weighted by molar-refractivity contribution is 5.82. The maximum absolute atomic E-state index is 12.7. The quantitative estimate of drug-likeness (QED) is 0.790. The zero-order valence-corrected chi connectivity index (χ0v) is 12.2. The van der Waals surface area contributed by atoms with Crippen LogP contribution in [0.25, 0.3) is 0 Å². The number of nitrogens with one attached hydrogen (secondary N) is 1. The molecule has 2 saturated heterocycles. The summed E-state index contributed by atoms with van der Waals surface area (Å²) in [5.41, 5.74) is 0. The SMILES string of the molecule is CC1CCCCN1C(=O)C1CCC2CCCCC2N1. The average Bonchev–Trinajstić information content (AvgIpc) is 2.46. The lowest BCUT2D eigenvalue weighted by molar-refractivity contribution is -0.138. The van der Waals surface area contributed by atoms with Gasteiger partial charge in [0.25, 0.3) is 0 Å². The fourth-order valence-electron chi connectivity index (χ4n) is 4.32. The average molecular weight is 264 g/mol. The van der Waals surface area contributed by atoms with Crippen molar-refractivity contribution in [2.75, 3.05) is 6.54 Å². The Kier molecular flexibility index (Phi) is 4.11. The number of piperidine rings is 2. The monoisotopic (exact) mass is 264 g/mol. The topological polar surface area (TPSA) is 32.3 Å².